The molecule has 0 aliphatic rings. The summed E-state index contributed by atoms with van der Waals surface area (Å²) in [6.45, 7) is 1.94. The van der Waals surface area contributed by atoms with Gasteiger partial charge in [0.2, 0.25) is 0 Å². The molecule has 0 fully saturated rings. The van der Waals surface area contributed by atoms with Crippen LogP contribution in [0.25, 0.3) is 10.9 Å². The van der Waals surface area contributed by atoms with Crippen molar-refractivity contribution in [1.29, 1.82) is 0 Å². The number of pyridine rings is 2. The molecule has 0 aliphatic heterocycles. The van der Waals surface area contributed by atoms with Crippen molar-refractivity contribution in [2.24, 2.45) is 0 Å². The first-order chi connectivity index (χ1) is 9.66. The molecule has 5 heteroatoms. The molecule has 4 nitrogen and oxygen atoms in total. The van der Waals surface area contributed by atoms with E-state index < -0.39 is 0 Å². The second-order valence-corrected chi connectivity index (χ2v) is 4.92. The number of nitrogens with one attached hydrogen (secondary N) is 1. The lowest BCUT2D eigenvalue weighted by Crippen LogP contribution is -2.01. The first-order valence-electron chi connectivity index (χ1n) is 6.18. The van der Waals surface area contributed by atoms with Crippen LogP contribution in [0.3, 0.4) is 0 Å². The lowest BCUT2D eigenvalue weighted by Gasteiger charge is -2.12. The molecule has 0 amide bonds. The highest BCUT2D eigenvalue weighted by atomic mass is 35.5. The smallest absolute Gasteiger partial charge is 0.153 e. The third-order valence-electron chi connectivity index (χ3n) is 3.18. The number of fused-ring (bicyclic) bond motifs is 1. The molecule has 0 unspecified atom stereocenters. The summed E-state index contributed by atoms with van der Waals surface area (Å²) in [6, 6.07) is 9.37. The van der Waals surface area contributed by atoms with Gasteiger partial charge in [0.05, 0.1) is 21.9 Å². The standard InChI is InChI=1S/C15H13ClN4/c1-9-6-8-19-15(13(9)17)20-12-5-4-11(16)10-3-2-7-18-14(10)12/h2-8H,17H2,1H3,(H,19,20). The number of nitrogen functional groups attached to an aromatic ring is 1. The minimum Gasteiger partial charge on any atom is -0.396 e. The van der Waals surface area contributed by atoms with E-state index in [1.165, 1.54) is 0 Å². The van der Waals surface area contributed by atoms with Gasteiger partial charge in [-0.25, -0.2) is 4.98 Å². The van der Waals surface area contributed by atoms with Gasteiger partial charge in [0.25, 0.3) is 0 Å². The third-order valence-corrected chi connectivity index (χ3v) is 3.51. The van der Waals surface area contributed by atoms with Crippen molar-refractivity contribution >= 4 is 39.7 Å². The van der Waals surface area contributed by atoms with Gasteiger partial charge in [-0.3, -0.25) is 4.98 Å². The van der Waals surface area contributed by atoms with Crippen LogP contribution in [0.15, 0.2) is 42.7 Å². The maximum absolute atomic E-state index is 6.18. The zero-order valence-corrected chi connectivity index (χ0v) is 11.6. The zero-order valence-electron chi connectivity index (χ0n) is 10.9. The summed E-state index contributed by atoms with van der Waals surface area (Å²) in [5.41, 5.74) is 9.27. The zero-order chi connectivity index (χ0) is 14.1. The van der Waals surface area contributed by atoms with Crippen LogP contribution in [0.5, 0.6) is 0 Å². The summed E-state index contributed by atoms with van der Waals surface area (Å²) in [5.74, 6) is 0.624. The second kappa shape index (κ2) is 4.98. The van der Waals surface area contributed by atoms with Crippen molar-refractivity contribution in [2.75, 3.05) is 11.1 Å². The maximum atomic E-state index is 6.18. The van der Waals surface area contributed by atoms with Crippen LogP contribution >= 0.6 is 11.6 Å². The molecule has 0 radical (unpaired) electrons. The van der Waals surface area contributed by atoms with E-state index in [1.54, 1.807) is 12.4 Å². The van der Waals surface area contributed by atoms with Crippen molar-refractivity contribution in [2.45, 2.75) is 6.92 Å². The molecule has 0 aliphatic carbocycles. The SMILES string of the molecule is Cc1ccnc(Nc2ccc(Cl)c3cccnc23)c1N. The topological polar surface area (TPSA) is 63.8 Å². The van der Waals surface area contributed by atoms with Crippen LogP contribution in [-0.2, 0) is 0 Å². The minimum atomic E-state index is 0.624. The van der Waals surface area contributed by atoms with Crippen LogP contribution < -0.4 is 11.1 Å². The van der Waals surface area contributed by atoms with Crippen molar-refractivity contribution in [3.8, 4) is 0 Å². The molecule has 100 valence electrons. The number of nitrogens with two attached hydrogens (primary N) is 1. The van der Waals surface area contributed by atoms with E-state index in [9.17, 15) is 0 Å². The molecule has 3 aromatic rings. The number of aromatic nitrogens is 2. The number of aryl methyl sites for hydroxylation is 1. The Morgan fingerprint density at radius 1 is 1.10 bits per heavy atom. The van der Waals surface area contributed by atoms with Crippen molar-refractivity contribution < 1.29 is 0 Å². The van der Waals surface area contributed by atoms with Crippen LogP contribution in [0.2, 0.25) is 5.02 Å². The predicted octanol–water partition coefficient (Wildman–Crippen LogP) is 3.92. The number of anilines is 3. The average Bonchev–Trinajstić information content (AvgIpc) is 2.47. The predicted molar refractivity (Wildman–Crippen MR) is 83.4 cm³/mol. The molecule has 2 heterocycles. The lowest BCUT2D eigenvalue weighted by atomic mass is 10.2. The fourth-order valence-corrected chi connectivity index (χ4v) is 2.25. The van der Waals surface area contributed by atoms with Crippen molar-refractivity contribution in [1.82, 2.24) is 9.97 Å². The van der Waals surface area contributed by atoms with Crippen molar-refractivity contribution in [3.63, 3.8) is 0 Å². The van der Waals surface area contributed by atoms with Gasteiger partial charge in [-0.2, -0.15) is 0 Å². The number of hydrogen-bond donors (Lipinski definition) is 2. The number of rotatable bonds is 2. The molecule has 0 saturated heterocycles. The van der Waals surface area contributed by atoms with E-state index in [0.717, 1.165) is 22.2 Å². The van der Waals surface area contributed by atoms with Gasteiger partial charge in [0.15, 0.2) is 5.82 Å². The molecule has 3 rings (SSSR count). The van der Waals surface area contributed by atoms with E-state index in [0.29, 0.717) is 16.5 Å². The maximum Gasteiger partial charge on any atom is 0.153 e. The van der Waals surface area contributed by atoms with Gasteiger partial charge >= 0.3 is 0 Å². The fourth-order valence-electron chi connectivity index (χ4n) is 2.04. The third kappa shape index (κ3) is 2.14. The van der Waals surface area contributed by atoms with E-state index in [2.05, 4.69) is 15.3 Å². The Labute approximate surface area is 121 Å². The monoisotopic (exact) mass is 284 g/mol. The van der Waals surface area contributed by atoms with Gasteiger partial charge < -0.3 is 11.1 Å². The van der Waals surface area contributed by atoms with E-state index >= 15 is 0 Å². The summed E-state index contributed by atoms with van der Waals surface area (Å²) in [5, 5.41) is 4.79. The molecule has 0 atom stereocenters. The molecular formula is C15H13ClN4. The highest BCUT2D eigenvalue weighted by molar-refractivity contribution is 6.35. The van der Waals surface area contributed by atoms with Crippen LogP contribution in [0.1, 0.15) is 5.56 Å². The second-order valence-electron chi connectivity index (χ2n) is 4.51. The molecule has 0 saturated carbocycles. The molecule has 2 aromatic heterocycles. The Hall–Kier alpha value is -2.33. The Morgan fingerprint density at radius 2 is 1.95 bits per heavy atom. The molecule has 0 bridgehead atoms. The molecular weight excluding hydrogens is 272 g/mol. The first kappa shape index (κ1) is 12.7. The summed E-state index contributed by atoms with van der Waals surface area (Å²) in [6.07, 6.45) is 3.45. The average molecular weight is 285 g/mol. The molecule has 1 aromatic carbocycles. The quantitative estimate of drug-likeness (QED) is 0.749. The molecule has 3 N–H and O–H groups in total. The summed E-state index contributed by atoms with van der Waals surface area (Å²) in [7, 11) is 0. The lowest BCUT2D eigenvalue weighted by molar-refractivity contribution is 1.28. The van der Waals surface area contributed by atoms with E-state index in [1.807, 2.05) is 37.3 Å². The van der Waals surface area contributed by atoms with Crippen LogP contribution in [-0.4, -0.2) is 9.97 Å². The number of benzene rings is 1. The Kier molecular flexibility index (Phi) is 3.16. The summed E-state index contributed by atoms with van der Waals surface area (Å²) >= 11 is 6.18. The first-order valence-corrected chi connectivity index (χ1v) is 6.56. The Balaban J connectivity index is 2.12. The molecule has 20 heavy (non-hydrogen) atoms. The largest absolute Gasteiger partial charge is 0.396 e. The number of nitrogens with zero attached hydrogens (tertiary/aromatic N) is 2. The van der Waals surface area contributed by atoms with Crippen molar-refractivity contribution in [3.05, 3.63) is 53.3 Å². The summed E-state index contributed by atoms with van der Waals surface area (Å²) in [4.78, 5) is 8.64. The minimum absolute atomic E-state index is 0.624. The number of halogens is 1. The summed E-state index contributed by atoms with van der Waals surface area (Å²) < 4.78 is 0. The van der Waals surface area contributed by atoms with E-state index in [-0.39, 0.29) is 0 Å². The molecule has 0 spiro atoms. The van der Waals surface area contributed by atoms with Gasteiger partial charge in [0, 0.05) is 17.8 Å². The normalized spacial score (nSPS) is 10.7. The van der Waals surface area contributed by atoms with Crippen LogP contribution in [0, 0.1) is 6.92 Å². The highest BCUT2D eigenvalue weighted by Crippen LogP contribution is 2.31. The van der Waals surface area contributed by atoms with Gasteiger partial charge in [-0.15, -0.1) is 0 Å². The number of hydrogen-bond acceptors (Lipinski definition) is 4. The Bertz CT molecular complexity index is 786. The van der Waals surface area contributed by atoms with E-state index in [4.69, 9.17) is 17.3 Å². The van der Waals surface area contributed by atoms with Crippen LogP contribution in [0.4, 0.5) is 17.2 Å². The highest BCUT2D eigenvalue weighted by Gasteiger charge is 2.09. The van der Waals surface area contributed by atoms with Gasteiger partial charge in [-0.05, 0) is 42.8 Å². The fraction of sp³-hybridized carbons (Fsp3) is 0.0667. The van der Waals surface area contributed by atoms with Gasteiger partial charge in [0.1, 0.15) is 0 Å². The Morgan fingerprint density at radius 3 is 2.80 bits per heavy atom. The van der Waals surface area contributed by atoms with Gasteiger partial charge in [-0.1, -0.05) is 11.6 Å².